The Morgan fingerprint density at radius 3 is 2.79 bits per heavy atom. The molecule has 0 aromatic heterocycles. The molecule has 0 heterocycles. The van der Waals surface area contributed by atoms with Crippen molar-refractivity contribution in [1.82, 2.24) is 0 Å². The summed E-state index contributed by atoms with van der Waals surface area (Å²) in [5.74, 6) is 0.848. The fraction of sp³-hybridized carbons (Fsp3) is 0.500. The van der Waals surface area contributed by atoms with Crippen LogP contribution < -0.4 is 15.8 Å². The number of nitrogens with two attached hydrogens (primary N) is 1. The number of amides is 1. The zero-order chi connectivity index (χ0) is 13.3. The highest BCUT2D eigenvalue weighted by Gasteiger charge is 2.52. The highest BCUT2D eigenvalue weighted by Crippen LogP contribution is 2.55. The van der Waals surface area contributed by atoms with Crippen LogP contribution in [0.4, 0.5) is 11.4 Å². The van der Waals surface area contributed by atoms with E-state index in [0.29, 0.717) is 17.1 Å². The van der Waals surface area contributed by atoms with Gasteiger partial charge in [0.2, 0.25) is 5.91 Å². The number of hydrogen-bond acceptors (Lipinski definition) is 3. The van der Waals surface area contributed by atoms with E-state index in [1.165, 1.54) is 0 Å². The molecule has 0 radical (unpaired) electrons. The molecule has 19 heavy (non-hydrogen) atoms. The molecular weight excluding hydrogens is 264 g/mol. The lowest BCUT2D eigenvalue weighted by Crippen LogP contribution is -2.18. The maximum Gasteiger partial charge on any atom is 0.228 e. The Hall–Kier alpha value is -1.42. The zero-order valence-corrected chi connectivity index (χ0v) is 12.3. The molecule has 0 spiro atoms. The third kappa shape index (κ3) is 3.13. The van der Waals surface area contributed by atoms with E-state index in [0.717, 1.165) is 12.8 Å². The number of carbonyl (C=O) groups is 1. The Morgan fingerprint density at radius 2 is 2.26 bits per heavy atom. The SMILES string of the molecule is CCC1(C)CC1C(=O)Nc1cc(OC)ccc1N.Cl. The van der Waals surface area contributed by atoms with Gasteiger partial charge >= 0.3 is 0 Å². The van der Waals surface area contributed by atoms with E-state index < -0.39 is 0 Å². The average molecular weight is 285 g/mol. The number of halogens is 1. The van der Waals surface area contributed by atoms with Crippen LogP contribution in [-0.2, 0) is 4.79 Å². The van der Waals surface area contributed by atoms with Crippen LogP contribution in [0.15, 0.2) is 18.2 Å². The van der Waals surface area contributed by atoms with Crippen LogP contribution in [0.2, 0.25) is 0 Å². The van der Waals surface area contributed by atoms with Crippen molar-refractivity contribution in [2.24, 2.45) is 11.3 Å². The third-order valence-corrected chi connectivity index (χ3v) is 3.99. The van der Waals surface area contributed by atoms with Crippen LogP contribution in [0, 0.1) is 11.3 Å². The molecule has 4 nitrogen and oxygen atoms in total. The van der Waals surface area contributed by atoms with E-state index in [2.05, 4.69) is 19.2 Å². The lowest BCUT2D eigenvalue weighted by Gasteiger charge is -2.11. The second-order valence-electron chi connectivity index (χ2n) is 5.21. The van der Waals surface area contributed by atoms with E-state index in [1.54, 1.807) is 25.3 Å². The van der Waals surface area contributed by atoms with Crippen molar-refractivity contribution in [1.29, 1.82) is 0 Å². The lowest BCUT2D eigenvalue weighted by molar-refractivity contribution is -0.118. The van der Waals surface area contributed by atoms with Gasteiger partial charge in [0, 0.05) is 12.0 Å². The Labute approximate surface area is 120 Å². The number of hydrogen-bond donors (Lipinski definition) is 2. The minimum atomic E-state index is 0. The molecule has 2 rings (SSSR count). The van der Waals surface area contributed by atoms with Gasteiger partial charge in [-0.25, -0.2) is 0 Å². The highest BCUT2D eigenvalue weighted by atomic mass is 35.5. The molecule has 1 fully saturated rings. The van der Waals surface area contributed by atoms with Gasteiger partial charge in [-0.1, -0.05) is 13.8 Å². The molecule has 1 aliphatic carbocycles. The third-order valence-electron chi connectivity index (χ3n) is 3.99. The van der Waals surface area contributed by atoms with Crippen LogP contribution >= 0.6 is 12.4 Å². The number of rotatable bonds is 4. The first-order chi connectivity index (χ1) is 8.50. The molecule has 106 valence electrons. The Bertz CT molecular complexity index is 479. The summed E-state index contributed by atoms with van der Waals surface area (Å²) in [7, 11) is 1.59. The molecule has 0 saturated heterocycles. The summed E-state index contributed by atoms with van der Waals surface area (Å²) in [5, 5.41) is 2.89. The number of benzene rings is 1. The van der Waals surface area contributed by atoms with Crippen molar-refractivity contribution in [2.45, 2.75) is 26.7 Å². The number of nitrogen functional groups attached to an aromatic ring is 1. The van der Waals surface area contributed by atoms with Crippen molar-refractivity contribution in [2.75, 3.05) is 18.2 Å². The second kappa shape index (κ2) is 5.70. The molecule has 1 aromatic carbocycles. The first kappa shape index (κ1) is 15.6. The normalized spacial score (nSPS) is 24.3. The zero-order valence-electron chi connectivity index (χ0n) is 11.5. The van der Waals surface area contributed by atoms with Crippen molar-refractivity contribution in [3.05, 3.63) is 18.2 Å². The predicted octanol–water partition coefficient (Wildman–Crippen LogP) is 3.07. The average Bonchev–Trinajstić information content (AvgIpc) is 3.05. The Kier molecular flexibility index (Phi) is 4.69. The molecule has 1 saturated carbocycles. The minimum Gasteiger partial charge on any atom is -0.497 e. The number of ether oxygens (including phenoxy) is 1. The van der Waals surface area contributed by atoms with E-state index in [1.807, 2.05) is 0 Å². The van der Waals surface area contributed by atoms with Gasteiger partial charge in [0.1, 0.15) is 5.75 Å². The number of nitrogens with one attached hydrogen (secondary N) is 1. The fourth-order valence-corrected chi connectivity index (χ4v) is 2.20. The number of carbonyl (C=O) groups excluding carboxylic acids is 1. The monoisotopic (exact) mass is 284 g/mol. The van der Waals surface area contributed by atoms with Gasteiger partial charge < -0.3 is 15.8 Å². The number of anilines is 2. The van der Waals surface area contributed by atoms with Crippen LogP contribution in [0.5, 0.6) is 5.75 Å². The molecule has 5 heteroatoms. The van der Waals surface area contributed by atoms with E-state index in [4.69, 9.17) is 10.5 Å². The summed E-state index contributed by atoms with van der Waals surface area (Å²) >= 11 is 0. The van der Waals surface area contributed by atoms with Crippen LogP contribution in [0.1, 0.15) is 26.7 Å². The molecule has 0 aliphatic heterocycles. The summed E-state index contributed by atoms with van der Waals surface area (Å²) in [4.78, 5) is 12.1. The largest absolute Gasteiger partial charge is 0.497 e. The smallest absolute Gasteiger partial charge is 0.228 e. The van der Waals surface area contributed by atoms with Gasteiger partial charge in [0.15, 0.2) is 0 Å². The molecule has 2 atom stereocenters. The Balaban J connectivity index is 0.00000180. The lowest BCUT2D eigenvalue weighted by atomic mass is 10.0. The molecule has 0 bridgehead atoms. The predicted molar refractivity (Wildman–Crippen MR) is 79.8 cm³/mol. The quantitative estimate of drug-likeness (QED) is 0.835. The molecule has 1 amide bonds. The summed E-state index contributed by atoms with van der Waals surface area (Å²) in [6.07, 6.45) is 1.98. The van der Waals surface area contributed by atoms with Gasteiger partial charge in [-0.3, -0.25) is 4.79 Å². The maximum atomic E-state index is 12.1. The fourth-order valence-electron chi connectivity index (χ4n) is 2.20. The first-order valence-corrected chi connectivity index (χ1v) is 6.24. The van der Waals surface area contributed by atoms with E-state index in [9.17, 15) is 4.79 Å². The first-order valence-electron chi connectivity index (χ1n) is 6.24. The molecular formula is C14H21ClN2O2. The Morgan fingerprint density at radius 1 is 1.58 bits per heavy atom. The topological polar surface area (TPSA) is 64.3 Å². The standard InChI is InChI=1S/C14H20N2O2.ClH/c1-4-14(2)8-10(14)13(17)16-12-7-9(18-3)5-6-11(12)15;/h5-7,10H,4,8,15H2,1-3H3,(H,16,17);1H. The summed E-state index contributed by atoms with van der Waals surface area (Å²) < 4.78 is 5.12. The van der Waals surface area contributed by atoms with Crippen molar-refractivity contribution in [3.8, 4) is 5.75 Å². The van der Waals surface area contributed by atoms with Crippen LogP contribution in [0.25, 0.3) is 0 Å². The van der Waals surface area contributed by atoms with Crippen LogP contribution in [0.3, 0.4) is 0 Å². The van der Waals surface area contributed by atoms with Crippen LogP contribution in [-0.4, -0.2) is 13.0 Å². The molecule has 1 aliphatic rings. The van der Waals surface area contributed by atoms with Gasteiger partial charge in [-0.2, -0.15) is 0 Å². The summed E-state index contributed by atoms with van der Waals surface area (Å²) in [6.45, 7) is 4.26. The van der Waals surface area contributed by atoms with Gasteiger partial charge in [-0.05, 0) is 30.4 Å². The van der Waals surface area contributed by atoms with Gasteiger partial charge in [-0.15, -0.1) is 12.4 Å². The van der Waals surface area contributed by atoms with Gasteiger partial charge in [0.05, 0.1) is 18.5 Å². The minimum absolute atomic E-state index is 0. The highest BCUT2D eigenvalue weighted by molar-refractivity contribution is 5.97. The summed E-state index contributed by atoms with van der Waals surface area (Å²) in [6, 6.07) is 5.26. The van der Waals surface area contributed by atoms with Crippen molar-refractivity contribution >= 4 is 29.7 Å². The second-order valence-corrected chi connectivity index (χ2v) is 5.21. The van der Waals surface area contributed by atoms with E-state index in [-0.39, 0.29) is 29.6 Å². The molecule has 2 unspecified atom stereocenters. The maximum absolute atomic E-state index is 12.1. The number of methoxy groups -OCH3 is 1. The van der Waals surface area contributed by atoms with E-state index >= 15 is 0 Å². The molecule has 1 aromatic rings. The van der Waals surface area contributed by atoms with Crippen molar-refractivity contribution < 1.29 is 9.53 Å². The van der Waals surface area contributed by atoms with Crippen molar-refractivity contribution in [3.63, 3.8) is 0 Å². The summed E-state index contributed by atoms with van der Waals surface area (Å²) in [5.41, 5.74) is 7.19. The van der Waals surface area contributed by atoms with Gasteiger partial charge in [0.25, 0.3) is 0 Å². The molecule has 3 N–H and O–H groups in total.